The van der Waals surface area contributed by atoms with Gasteiger partial charge in [-0.05, 0) is 12.5 Å². The van der Waals surface area contributed by atoms with Crippen molar-refractivity contribution in [3.05, 3.63) is 35.4 Å². The molecule has 0 spiro atoms. The summed E-state index contributed by atoms with van der Waals surface area (Å²) in [4.78, 5) is 24.0. The lowest BCUT2D eigenvalue weighted by Gasteiger charge is -2.35. The van der Waals surface area contributed by atoms with Gasteiger partial charge in [-0.3, -0.25) is 9.59 Å². The Balaban J connectivity index is 2.24. The summed E-state index contributed by atoms with van der Waals surface area (Å²) in [6.45, 7) is 6.92. The van der Waals surface area contributed by atoms with Gasteiger partial charge in [-0.25, -0.2) is 0 Å². The zero-order valence-electron chi connectivity index (χ0n) is 11.6. The maximum Gasteiger partial charge on any atom is 0.324 e. The van der Waals surface area contributed by atoms with Gasteiger partial charge < -0.3 is 9.47 Å². The molecule has 1 heterocycles. The molecule has 1 aromatic rings. The number of rotatable bonds is 2. The summed E-state index contributed by atoms with van der Waals surface area (Å²) in [6, 6.07) is 7.74. The number of esters is 2. The van der Waals surface area contributed by atoms with Crippen LogP contribution in [0, 0.1) is 12.8 Å². The van der Waals surface area contributed by atoms with Gasteiger partial charge >= 0.3 is 11.9 Å². The first-order valence-corrected chi connectivity index (χ1v) is 6.32. The lowest BCUT2D eigenvalue weighted by atomic mass is 9.86. The molecule has 19 heavy (non-hydrogen) atoms. The second-order valence-electron chi connectivity index (χ2n) is 5.42. The first-order chi connectivity index (χ1) is 8.80. The van der Waals surface area contributed by atoms with E-state index in [0.29, 0.717) is 0 Å². The first-order valence-electron chi connectivity index (χ1n) is 6.32. The second kappa shape index (κ2) is 4.68. The van der Waals surface area contributed by atoms with Gasteiger partial charge in [-0.15, -0.1) is 0 Å². The Morgan fingerprint density at radius 2 is 1.53 bits per heavy atom. The average molecular weight is 262 g/mol. The topological polar surface area (TPSA) is 52.6 Å². The van der Waals surface area contributed by atoms with Crippen LogP contribution >= 0.6 is 0 Å². The van der Waals surface area contributed by atoms with Gasteiger partial charge in [-0.1, -0.05) is 36.8 Å². The average Bonchev–Trinajstić information content (AvgIpc) is 2.26. The minimum absolute atomic E-state index is 0.267. The molecule has 2 rings (SSSR count). The van der Waals surface area contributed by atoms with Crippen LogP contribution in [0.15, 0.2) is 24.3 Å². The highest BCUT2D eigenvalue weighted by molar-refractivity contribution is 5.97. The molecule has 102 valence electrons. The Bertz CT molecular complexity index is 481. The minimum Gasteiger partial charge on any atom is -0.422 e. The van der Waals surface area contributed by atoms with Gasteiger partial charge in [-0.2, -0.15) is 0 Å². The number of hydrogen-bond acceptors (Lipinski definition) is 4. The van der Waals surface area contributed by atoms with E-state index in [1.165, 1.54) is 0 Å². The van der Waals surface area contributed by atoms with Crippen molar-refractivity contribution in [1.29, 1.82) is 0 Å². The van der Waals surface area contributed by atoms with Gasteiger partial charge in [0, 0.05) is 19.8 Å². The van der Waals surface area contributed by atoms with Crippen LogP contribution in [0.1, 0.15) is 37.8 Å². The third-order valence-corrected chi connectivity index (χ3v) is 3.30. The quantitative estimate of drug-likeness (QED) is 0.607. The van der Waals surface area contributed by atoms with Gasteiger partial charge in [0.1, 0.15) is 0 Å². The van der Waals surface area contributed by atoms with Crippen molar-refractivity contribution >= 4 is 11.9 Å². The van der Waals surface area contributed by atoms with E-state index in [1.807, 2.05) is 38.1 Å². The smallest absolute Gasteiger partial charge is 0.324 e. The minimum atomic E-state index is -1.17. The Morgan fingerprint density at radius 1 is 1.05 bits per heavy atom. The largest absolute Gasteiger partial charge is 0.422 e. The summed E-state index contributed by atoms with van der Waals surface area (Å²) < 4.78 is 10.3. The van der Waals surface area contributed by atoms with Crippen LogP contribution < -0.4 is 0 Å². The van der Waals surface area contributed by atoms with Gasteiger partial charge in [0.05, 0.1) is 0 Å². The fourth-order valence-electron chi connectivity index (χ4n) is 2.20. The predicted octanol–water partition coefficient (Wildman–Crippen LogP) is 2.55. The van der Waals surface area contributed by atoms with Crippen LogP contribution in [-0.2, 0) is 19.1 Å². The van der Waals surface area contributed by atoms with E-state index in [2.05, 4.69) is 0 Å². The Kier molecular flexibility index (Phi) is 3.35. The first kappa shape index (κ1) is 13.6. The number of benzene rings is 1. The molecule has 0 aliphatic carbocycles. The van der Waals surface area contributed by atoms with Crippen LogP contribution in [0.2, 0.25) is 0 Å². The molecule has 1 fully saturated rings. The monoisotopic (exact) mass is 262 g/mol. The van der Waals surface area contributed by atoms with Crippen molar-refractivity contribution in [2.45, 2.75) is 39.4 Å². The number of hydrogen-bond donors (Lipinski definition) is 0. The summed E-state index contributed by atoms with van der Waals surface area (Å²) in [5.41, 5.74) is 2.05. The third-order valence-electron chi connectivity index (χ3n) is 3.30. The van der Waals surface area contributed by atoms with Crippen molar-refractivity contribution in [3.63, 3.8) is 0 Å². The summed E-state index contributed by atoms with van der Waals surface area (Å²) >= 11 is 0. The van der Waals surface area contributed by atoms with E-state index in [1.54, 1.807) is 13.8 Å². The summed E-state index contributed by atoms with van der Waals surface area (Å²) in [5, 5.41) is 0. The number of carbonyl (C=O) groups is 2. The van der Waals surface area contributed by atoms with Crippen LogP contribution in [0.4, 0.5) is 0 Å². The molecule has 1 aliphatic rings. The van der Waals surface area contributed by atoms with E-state index in [9.17, 15) is 9.59 Å². The van der Waals surface area contributed by atoms with Crippen molar-refractivity contribution in [1.82, 2.24) is 0 Å². The molecule has 0 saturated carbocycles. The lowest BCUT2D eigenvalue weighted by Crippen LogP contribution is -2.47. The Morgan fingerprint density at radius 3 is 2.00 bits per heavy atom. The summed E-state index contributed by atoms with van der Waals surface area (Å²) in [7, 11) is 0. The molecule has 1 aliphatic heterocycles. The maximum atomic E-state index is 12.0. The van der Waals surface area contributed by atoms with Crippen molar-refractivity contribution in [3.8, 4) is 0 Å². The molecule has 4 heteroatoms. The third kappa shape index (κ3) is 2.78. The van der Waals surface area contributed by atoms with Crippen LogP contribution in [-0.4, -0.2) is 17.7 Å². The second-order valence-corrected chi connectivity index (χ2v) is 5.42. The molecule has 0 amide bonds. The van der Waals surface area contributed by atoms with E-state index in [-0.39, 0.29) is 5.92 Å². The molecule has 4 nitrogen and oxygen atoms in total. The van der Waals surface area contributed by atoms with Gasteiger partial charge in [0.25, 0.3) is 5.79 Å². The lowest BCUT2D eigenvalue weighted by molar-refractivity contribution is -0.240. The molecule has 1 saturated heterocycles. The molecule has 0 N–H and O–H groups in total. The van der Waals surface area contributed by atoms with Crippen LogP contribution in [0.25, 0.3) is 0 Å². The molecule has 0 radical (unpaired) electrons. The fraction of sp³-hybridized carbons (Fsp3) is 0.467. The van der Waals surface area contributed by atoms with Crippen LogP contribution in [0.3, 0.4) is 0 Å². The van der Waals surface area contributed by atoms with Gasteiger partial charge in [0.15, 0.2) is 5.92 Å². The van der Waals surface area contributed by atoms with E-state index < -0.39 is 23.6 Å². The van der Waals surface area contributed by atoms with E-state index >= 15 is 0 Å². The highest BCUT2D eigenvalue weighted by atomic mass is 16.7. The number of aryl methyl sites for hydroxylation is 1. The van der Waals surface area contributed by atoms with Crippen LogP contribution in [0.5, 0.6) is 0 Å². The molecule has 0 aromatic heterocycles. The molecule has 1 aromatic carbocycles. The number of ether oxygens (including phenoxy) is 2. The summed E-state index contributed by atoms with van der Waals surface area (Å²) in [5.74, 6) is -3.37. The molecular weight excluding hydrogens is 244 g/mol. The fourth-order valence-corrected chi connectivity index (χ4v) is 2.20. The molecule has 0 bridgehead atoms. The zero-order chi connectivity index (χ0) is 14.2. The normalized spacial score (nSPS) is 20.6. The molecule has 1 atom stereocenters. The molecular formula is C15H18O4. The highest BCUT2D eigenvalue weighted by Crippen LogP contribution is 2.33. The Labute approximate surface area is 112 Å². The zero-order valence-corrected chi connectivity index (χ0v) is 11.6. The number of cyclic esters (lactones) is 2. The predicted molar refractivity (Wildman–Crippen MR) is 69.3 cm³/mol. The van der Waals surface area contributed by atoms with Crippen molar-refractivity contribution in [2.24, 2.45) is 5.92 Å². The maximum absolute atomic E-state index is 12.0. The number of carbonyl (C=O) groups excluding carboxylic acids is 2. The van der Waals surface area contributed by atoms with Crippen molar-refractivity contribution < 1.29 is 19.1 Å². The van der Waals surface area contributed by atoms with E-state index in [0.717, 1.165) is 11.1 Å². The molecule has 1 unspecified atom stereocenters. The Hall–Kier alpha value is -1.84. The van der Waals surface area contributed by atoms with Gasteiger partial charge in [0.2, 0.25) is 0 Å². The summed E-state index contributed by atoms with van der Waals surface area (Å²) in [6.07, 6.45) is 0. The SMILES string of the molecule is Cc1ccc(C(C)C2C(=O)OC(C)(C)OC2=O)cc1. The van der Waals surface area contributed by atoms with E-state index in [4.69, 9.17) is 9.47 Å². The highest BCUT2D eigenvalue weighted by Gasteiger charge is 2.46. The van der Waals surface area contributed by atoms with Crippen molar-refractivity contribution in [2.75, 3.05) is 0 Å². The standard InChI is InChI=1S/C15H18O4/c1-9-5-7-11(8-6-9)10(2)12-13(16)18-15(3,4)19-14(12)17/h5-8,10,12H,1-4H3.